The largest absolute Gasteiger partial charge is 0.404 e. The van der Waals surface area contributed by atoms with Gasteiger partial charge in [0.1, 0.15) is 0 Å². The molecule has 0 atom stereocenters. The van der Waals surface area contributed by atoms with Crippen molar-refractivity contribution in [3.63, 3.8) is 0 Å². The molecule has 0 N–H and O–H groups in total. The molecule has 0 spiro atoms. The van der Waals surface area contributed by atoms with Crippen molar-refractivity contribution >= 4 is 0 Å². The zero-order chi connectivity index (χ0) is 9.72. The van der Waals surface area contributed by atoms with E-state index in [2.05, 4.69) is 9.47 Å². The molecule has 0 unspecified atom stereocenters. The van der Waals surface area contributed by atoms with Gasteiger partial charge in [-0.15, -0.1) is 0 Å². The minimum Gasteiger partial charge on any atom is -0.404 e. The topological polar surface area (TPSA) is 18.5 Å². The molecule has 72 valence electrons. The van der Waals surface area contributed by atoms with Crippen molar-refractivity contribution in [3.05, 3.63) is 12.0 Å². The molecule has 0 saturated carbocycles. The Kier molecular flexibility index (Phi) is 4.30. The van der Waals surface area contributed by atoms with Gasteiger partial charge < -0.3 is 9.47 Å². The summed E-state index contributed by atoms with van der Waals surface area (Å²) in [6.45, 7) is -7.28. The van der Waals surface area contributed by atoms with Crippen LogP contribution in [-0.4, -0.2) is 13.2 Å². The molecule has 0 bridgehead atoms. The Morgan fingerprint density at radius 3 is 1.17 bits per heavy atom. The van der Waals surface area contributed by atoms with Crippen LogP contribution in [0, 0.1) is 0 Å². The smallest absolute Gasteiger partial charge is 0.389 e. The predicted octanol–water partition coefficient (Wildman–Crippen LogP) is 2.53. The molecule has 0 aromatic rings. The number of halogens is 6. The molecular formula is C4H2F6O2. The van der Waals surface area contributed by atoms with E-state index in [0.29, 0.717) is 0 Å². The summed E-state index contributed by atoms with van der Waals surface area (Å²) in [5.74, 6) is 0. The minimum absolute atomic E-state index is 2.52. The van der Waals surface area contributed by atoms with Crippen LogP contribution in [0.2, 0.25) is 0 Å². The van der Waals surface area contributed by atoms with Crippen LogP contribution in [0.3, 0.4) is 0 Å². The van der Waals surface area contributed by atoms with Crippen LogP contribution in [0.4, 0.5) is 26.3 Å². The van der Waals surface area contributed by atoms with Crippen LogP contribution in [-0.2, 0) is 9.47 Å². The number of alkyl halides is 4. The van der Waals surface area contributed by atoms with E-state index < -0.39 is 25.2 Å². The summed E-state index contributed by atoms with van der Waals surface area (Å²) in [6.07, 6.45) is 0. The van der Waals surface area contributed by atoms with Crippen molar-refractivity contribution < 1.29 is 35.8 Å². The molecule has 0 aliphatic carbocycles. The molecule has 0 rings (SSSR count). The molecule has 0 heterocycles. The first-order valence-corrected chi connectivity index (χ1v) is 2.38. The van der Waals surface area contributed by atoms with Crippen LogP contribution in [0.5, 0.6) is 0 Å². The zero-order valence-corrected chi connectivity index (χ0v) is 5.24. The van der Waals surface area contributed by atoms with Gasteiger partial charge in [0, 0.05) is 0 Å². The van der Waals surface area contributed by atoms with E-state index in [1.807, 2.05) is 0 Å². The van der Waals surface area contributed by atoms with Gasteiger partial charge in [0.2, 0.25) is 0 Å². The first kappa shape index (κ1) is 10.9. The van der Waals surface area contributed by atoms with Crippen molar-refractivity contribution in [1.29, 1.82) is 0 Å². The van der Waals surface area contributed by atoms with Crippen LogP contribution in [0.15, 0.2) is 12.0 Å². The Hall–Kier alpha value is -1.08. The first-order chi connectivity index (χ1) is 5.43. The van der Waals surface area contributed by atoms with Gasteiger partial charge in [-0.1, -0.05) is 0 Å². The Morgan fingerprint density at radius 1 is 0.750 bits per heavy atom. The van der Waals surface area contributed by atoms with Crippen molar-refractivity contribution in [2.45, 2.75) is 13.2 Å². The summed E-state index contributed by atoms with van der Waals surface area (Å²) in [7, 11) is 0. The highest BCUT2D eigenvalue weighted by Gasteiger charge is 2.17. The van der Waals surface area contributed by atoms with Gasteiger partial charge in [-0.05, 0) is 0 Å². The minimum atomic E-state index is -3.64. The van der Waals surface area contributed by atoms with E-state index in [0.717, 1.165) is 0 Å². The van der Waals surface area contributed by atoms with Gasteiger partial charge in [0.25, 0.3) is 0 Å². The molecule has 8 heteroatoms. The zero-order valence-electron chi connectivity index (χ0n) is 5.24. The third-order valence-corrected chi connectivity index (χ3v) is 0.540. The van der Waals surface area contributed by atoms with Gasteiger partial charge in [0.05, 0.1) is 0 Å². The second-order valence-electron chi connectivity index (χ2n) is 1.30. The lowest BCUT2D eigenvalue weighted by Gasteiger charge is -2.03. The van der Waals surface area contributed by atoms with Crippen molar-refractivity contribution in [2.75, 3.05) is 0 Å². The summed E-state index contributed by atoms with van der Waals surface area (Å²) >= 11 is 0. The first-order valence-electron chi connectivity index (χ1n) is 2.38. The highest BCUT2D eigenvalue weighted by Crippen LogP contribution is 2.16. The summed E-state index contributed by atoms with van der Waals surface area (Å²) in [5, 5.41) is 0. The standard InChI is InChI=1S/C4H2F6O2/c5-1(11-3(7)8)2(6)12-4(9)10/h3-4H/b2-1-. The fourth-order valence-corrected chi connectivity index (χ4v) is 0.249. The fraction of sp³-hybridized carbons (Fsp3) is 0.500. The SMILES string of the molecule is F/C(OC(F)F)=C(\F)OC(F)F. The second kappa shape index (κ2) is 4.73. The van der Waals surface area contributed by atoms with Gasteiger partial charge in [0.15, 0.2) is 0 Å². The Balaban J connectivity index is 4.06. The Morgan fingerprint density at radius 2 is 1.00 bits per heavy atom. The van der Waals surface area contributed by atoms with E-state index in [4.69, 9.17) is 0 Å². The average molecular weight is 196 g/mol. The summed E-state index contributed by atoms with van der Waals surface area (Å²) < 4.78 is 73.3. The number of hydrogen-bond donors (Lipinski definition) is 0. The van der Waals surface area contributed by atoms with E-state index in [-0.39, 0.29) is 0 Å². The summed E-state index contributed by atoms with van der Waals surface area (Å²) in [6, 6.07) is -5.05. The molecule has 0 aromatic carbocycles. The number of ether oxygens (including phenoxy) is 2. The van der Waals surface area contributed by atoms with E-state index in [1.54, 1.807) is 0 Å². The fourth-order valence-electron chi connectivity index (χ4n) is 0.249. The molecule has 0 aliphatic heterocycles. The molecular weight excluding hydrogens is 194 g/mol. The van der Waals surface area contributed by atoms with E-state index in [9.17, 15) is 26.3 Å². The molecule has 0 radical (unpaired) electrons. The quantitative estimate of drug-likeness (QED) is 0.508. The molecule has 0 aromatic heterocycles. The van der Waals surface area contributed by atoms with Crippen LogP contribution in [0.1, 0.15) is 0 Å². The maximum absolute atomic E-state index is 11.8. The lowest BCUT2D eigenvalue weighted by Crippen LogP contribution is -2.02. The highest BCUT2D eigenvalue weighted by atomic mass is 19.3. The molecule has 0 aliphatic rings. The second-order valence-corrected chi connectivity index (χ2v) is 1.30. The van der Waals surface area contributed by atoms with Gasteiger partial charge in [-0.2, -0.15) is 26.3 Å². The molecule has 0 amide bonds. The van der Waals surface area contributed by atoms with Crippen LogP contribution >= 0.6 is 0 Å². The number of rotatable bonds is 4. The van der Waals surface area contributed by atoms with Gasteiger partial charge >= 0.3 is 25.2 Å². The van der Waals surface area contributed by atoms with E-state index in [1.165, 1.54) is 0 Å². The summed E-state index contributed by atoms with van der Waals surface area (Å²) in [5.41, 5.74) is 0. The average Bonchev–Trinajstić information content (AvgIpc) is 1.84. The van der Waals surface area contributed by atoms with Crippen LogP contribution < -0.4 is 0 Å². The van der Waals surface area contributed by atoms with Crippen molar-refractivity contribution in [1.82, 2.24) is 0 Å². The van der Waals surface area contributed by atoms with Gasteiger partial charge in [-0.25, -0.2) is 0 Å². The molecule has 2 nitrogen and oxygen atoms in total. The van der Waals surface area contributed by atoms with Crippen molar-refractivity contribution in [3.8, 4) is 0 Å². The molecule has 0 fully saturated rings. The predicted molar refractivity (Wildman–Crippen MR) is 23.4 cm³/mol. The van der Waals surface area contributed by atoms with Gasteiger partial charge in [-0.3, -0.25) is 0 Å². The third kappa shape index (κ3) is 4.69. The lowest BCUT2D eigenvalue weighted by atomic mass is 10.9. The number of hydrogen-bond acceptors (Lipinski definition) is 2. The Bertz CT molecular complexity index is 149. The normalized spacial score (nSPS) is 13.3. The lowest BCUT2D eigenvalue weighted by molar-refractivity contribution is -0.150. The Labute approximate surface area is 62.4 Å². The molecule has 0 saturated heterocycles. The van der Waals surface area contributed by atoms with Crippen LogP contribution in [0.25, 0.3) is 0 Å². The highest BCUT2D eigenvalue weighted by molar-refractivity contribution is 4.82. The third-order valence-electron chi connectivity index (χ3n) is 0.540. The maximum Gasteiger partial charge on any atom is 0.389 e. The van der Waals surface area contributed by atoms with Crippen molar-refractivity contribution in [2.24, 2.45) is 0 Å². The monoisotopic (exact) mass is 196 g/mol. The summed E-state index contributed by atoms with van der Waals surface area (Å²) in [4.78, 5) is 0. The maximum atomic E-state index is 11.8. The molecule has 12 heavy (non-hydrogen) atoms. The van der Waals surface area contributed by atoms with E-state index >= 15 is 0 Å².